The molecule has 17 heavy (non-hydrogen) atoms. The van der Waals surface area contributed by atoms with Crippen LogP contribution in [0.15, 0.2) is 17.5 Å². The van der Waals surface area contributed by atoms with Gasteiger partial charge in [-0.1, -0.05) is 6.07 Å². The lowest BCUT2D eigenvalue weighted by Gasteiger charge is -2.14. The number of carbonyl (C=O) groups is 1. The number of carbonyl (C=O) groups excluding carboxylic acids is 1. The lowest BCUT2D eigenvalue weighted by molar-refractivity contribution is -0.122. The van der Waals surface area contributed by atoms with Gasteiger partial charge in [-0.3, -0.25) is 9.69 Å². The van der Waals surface area contributed by atoms with Crippen LogP contribution < -0.4 is 11.1 Å². The zero-order chi connectivity index (χ0) is 11.4. The standard InChI is InChI=1S/C11H17N3OS.ClH/c12-9-3-4-14(7-9)8-11(15)13-6-10-2-1-5-16-10;/h1-2,5,9H,3-4,6-8,12H2,(H,13,15);1H/t9-;/m0./s1. The van der Waals surface area contributed by atoms with Gasteiger partial charge in [0.1, 0.15) is 0 Å². The van der Waals surface area contributed by atoms with Crippen molar-refractivity contribution in [3.05, 3.63) is 22.4 Å². The number of hydrogen-bond acceptors (Lipinski definition) is 4. The Morgan fingerprint density at radius 1 is 1.65 bits per heavy atom. The summed E-state index contributed by atoms with van der Waals surface area (Å²) in [6.07, 6.45) is 0.998. The van der Waals surface area contributed by atoms with Crippen molar-refractivity contribution in [2.24, 2.45) is 5.73 Å². The second kappa shape index (κ2) is 6.96. The van der Waals surface area contributed by atoms with Gasteiger partial charge in [0.15, 0.2) is 0 Å². The van der Waals surface area contributed by atoms with Crippen molar-refractivity contribution in [2.75, 3.05) is 19.6 Å². The first-order chi connectivity index (χ1) is 7.74. The summed E-state index contributed by atoms with van der Waals surface area (Å²) in [5.41, 5.74) is 5.78. The SMILES string of the molecule is Cl.N[C@H]1CCN(CC(=O)NCc2cccs2)C1. The van der Waals surface area contributed by atoms with Gasteiger partial charge in [0.05, 0.1) is 13.1 Å². The normalized spacial score (nSPS) is 19.9. The van der Waals surface area contributed by atoms with E-state index in [1.807, 2.05) is 17.5 Å². The van der Waals surface area contributed by atoms with Crippen LogP contribution >= 0.6 is 23.7 Å². The third-order valence-electron chi connectivity index (χ3n) is 2.72. The molecule has 6 heteroatoms. The molecule has 2 rings (SSSR count). The first-order valence-corrected chi connectivity index (χ1v) is 6.39. The van der Waals surface area contributed by atoms with E-state index in [2.05, 4.69) is 10.2 Å². The Labute approximate surface area is 112 Å². The number of nitrogens with one attached hydrogen (secondary N) is 1. The molecule has 1 saturated heterocycles. The lowest BCUT2D eigenvalue weighted by Crippen LogP contribution is -2.36. The van der Waals surface area contributed by atoms with E-state index in [9.17, 15) is 4.79 Å². The molecule has 1 aliphatic heterocycles. The fourth-order valence-corrected chi connectivity index (χ4v) is 2.51. The van der Waals surface area contributed by atoms with Gasteiger partial charge < -0.3 is 11.1 Å². The molecular weight excluding hydrogens is 258 g/mol. The average molecular weight is 276 g/mol. The van der Waals surface area contributed by atoms with Crippen molar-refractivity contribution in [3.8, 4) is 0 Å². The van der Waals surface area contributed by atoms with Crippen LogP contribution in [0, 0.1) is 0 Å². The molecule has 1 aromatic heterocycles. The third-order valence-corrected chi connectivity index (χ3v) is 3.59. The van der Waals surface area contributed by atoms with Gasteiger partial charge in [-0.25, -0.2) is 0 Å². The zero-order valence-corrected chi connectivity index (χ0v) is 11.2. The molecule has 1 fully saturated rings. The number of hydrogen-bond donors (Lipinski definition) is 2. The Bertz CT molecular complexity index is 344. The van der Waals surface area contributed by atoms with Crippen LogP contribution in [0.1, 0.15) is 11.3 Å². The maximum absolute atomic E-state index is 11.6. The highest BCUT2D eigenvalue weighted by Crippen LogP contribution is 2.08. The summed E-state index contributed by atoms with van der Waals surface area (Å²) in [5, 5.41) is 4.93. The highest BCUT2D eigenvalue weighted by molar-refractivity contribution is 7.09. The number of rotatable bonds is 4. The molecule has 0 unspecified atom stereocenters. The van der Waals surface area contributed by atoms with E-state index in [-0.39, 0.29) is 24.4 Å². The molecular formula is C11H18ClN3OS. The quantitative estimate of drug-likeness (QED) is 0.855. The minimum atomic E-state index is 0. The van der Waals surface area contributed by atoms with E-state index in [4.69, 9.17) is 5.73 Å². The van der Waals surface area contributed by atoms with Crippen LogP contribution in [0.5, 0.6) is 0 Å². The summed E-state index contributed by atoms with van der Waals surface area (Å²) in [7, 11) is 0. The third kappa shape index (κ3) is 4.63. The minimum Gasteiger partial charge on any atom is -0.350 e. The van der Waals surface area contributed by atoms with Gasteiger partial charge in [0.2, 0.25) is 5.91 Å². The van der Waals surface area contributed by atoms with Crippen LogP contribution in [0.2, 0.25) is 0 Å². The van der Waals surface area contributed by atoms with Crippen molar-refractivity contribution < 1.29 is 4.79 Å². The molecule has 96 valence electrons. The highest BCUT2D eigenvalue weighted by Gasteiger charge is 2.20. The predicted octanol–water partition coefficient (Wildman–Crippen LogP) is 0.819. The van der Waals surface area contributed by atoms with E-state index in [0.717, 1.165) is 19.5 Å². The molecule has 0 aromatic carbocycles. The summed E-state index contributed by atoms with van der Waals surface area (Å²) in [4.78, 5) is 14.9. The maximum atomic E-state index is 11.6. The Morgan fingerprint density at radius 3 is 3.06 bits per heavy atom. The molecule has 1 amide bonds. The zero-order valence-electron chi connectivity index (χ0n) is 9.59. The second-order valence-electron chi connectivity index (χ2n) is 4.14. The topological polar surface area (TPSA) is 58.4 Å². The van der Waals surface area contributed by atoms with Crippen LogP contribution in [0.4, 0.5) is 0 Å². The first kappa shape index (κ1) is 14.4. The van der Waals surface area contributed by atoms with E-state index in [1.54, 1.807) is 11.3 Å². The van der Waals surface area contributed by atoms with Crippen LogP contribution in [-0.4, -0.2) is 36.5 Å². The molecule has 0 radical (unpaired) electrons. The monoisotopic (exact) mass is 275 g/mol. The Morgan fingerprint density at radius 2 is 2.47 bits per heavy atom. The van der Waals surface area contributed by atoms with Gasteiger partial charge in [0, 0.05) is 24.0 Å². The average Bonchev–Trinajstić information content (AvgIpc) is 2.87. The Kier molecular flexibility index (Phi) is 5.91. The van der Waals surface area contributed by atoms with E-state index >= 15 is 0 Å². The maximum Gasteiger partial charge on any atom is 0.234 e. The van der Waals surface area contributed by atoms with E-state index in [1.165, 1.54) is 4.88 Å². The number of nitrogens with zero attached hydrogens (tertiary/aromatic N) is 1. The number of amides is 1. The van der Waals surface area contributed by atoms with E-state index < -0.39 is 0 Å². The number of nitrogens with two attached hydrogens (primary N) is 1. The van der Waals surface area contributed by atoms with Gasteiger partial charge >= 0.3 is 0 Å². The van der Waals surface area contributed by atoms with Crippen LogP contribution in [-0.2, 0) is 11.3 Å². The van der Waals surface area contributed by atoms with Gasteiger partial charge in [-0.2, -0.15) is 0 Å². The molecule has 0 saturated carbocycles. The number of likely N-dealkylation sites (tertiary alicyclic amines) is 1. The molecule has 3 N–H and O–H groups in total. The minimum absolute atomic E-state index is 0. The predicted molar refractivity (Wildman–Crippen MR) is 72.4 cm³/mol. The summed E-state index contributed by atoms with van der Waals surface area (Å²) in [6.45, 7) is 2.88. The number of thiophene rings is 1. The summed E-state index contributed by atoms with van der Waals surface area (Å²) < 4.78 is 0. The van der Waals surface area contributed by atoms with Crippen LogP contribution in [0.25, 0.3) is 0 Å². The van der Waals surface area contributed by atoms with Crippen molar-refractivity contribution in [1.82, 2.24) is 10.2 Å². The summed E-state index contributed by atoms with van der Waals surface area (Å²) in [6, 6.07) is 4.26. The highest BCUT2D eigenvalue weighted by atomic mass is 35.5. The molecule has 4 nitrogen and oxygen atoms in total. The van der Waals surface area contributed by atoms with Crippen molar-refractivity contribution in [1.29, 1.82) is 0 Å². The fraction of sp³-hybridized carbons (Fsp3) is 0.545. The van der Waals surface area contributed by atoms with Crippen LogP contribution in [0.3, 0.4) is 0 Å². The smallest absolute Gasteiger partial charge is 0.234 e. The fourth-order valence-electron chi connectivity index (χ4n) is 1.86. The van der Waals surface area contributed by atoms with E-state index in [0.29, 0.717) is 13.1 Å². The first-order valence-electron chi connectivity index (χ1n) is 5.51. The van der Waals surface area contributed by atoms with Crippen molar-refractivity contribution in [2.45, 2.75) is 19.0 Å². The largest absolute Gasteiger partial charge is 0.350 e. The van der Waals surface area contributed by atoms with Gasteiger partial charge in [-0.05, 0) is 17.9 Å². The summed E-state index contributed by atoms with van der Waals surface area (Å²) in [5.74, 6) is 0.0856. The van der Waals surface area contributed by atoms with Crippen molar-refractivity contribution in [3.63, 3.8) is 0 Å². The number of halogens is 1. The molecule has 1 atom stereocenters. The Balaban J connectivity index is 0.00000144. The Hall–Kier alpha value is -0.620. The second-order valence-corrected chi connectivity index (χ2v) is 5.17. The van der Waals surface area contributed by atoms with Crippen molar-refractivity contribution >= 4 is 29.7 Å². The lowest BCUT2D eigenvalue weighted by atomic mass is 10.3. The van der Waals surface area contributed by atoms with Gasteiger partial charge in [-0.15, -0.1) is 23.7 Å². The molecule has 2 heterocycles. The molecule has 1 aromatic rings. The summed E-state index contributed by atoms with van der Waals surface area (Å²) >= 11 is 1.66. The van der Waals surface area contributed by atoms with Gasteiger partial charge in [0.25, 0.3) is 0 Å². The molecule has 0 bridgehead atoms. The molecule has 0 spiro atoms. The molecule has 1 aliphatic rings. The molecule has 0 aliphatic carbocycles.